The van der Waals surface area contributed by atoms with E-state index in [2.05, 4.69) is 10.6 Å². The van der Waals surface area contributed by atoms with Crippen molar-refractivity contribution in [3.05, 3.63) is 22.4 Å². The van der Waals surface area contributed by atoms with Gasteiger partial charge in [0.2, 0.25) is 11.8 Å². The molecular weight excluding hydrogens is 302 g/mol. The lowest BCUT2D eigenvalue weighted by Crippen LogP contribution is -2.41. The predicted octanol–water partition coefficient (Wildman–Crippen LogP) is 0.997. The van der Waals surface area contributed by atoms with Gasteiger partial charge in [0.05, 0.1) is 6.54 Å². The van der Waals surface area contributed by atoms with Crippen molar-refractivity contribution in [2.45, 2.75) is 25.7 Å². The van der Waals surface area contributed by atoms with E-state index in [1.165, 1.54) is 11.3 Å². The van der Waals surface area contributed by atoms with Gasteiger partial charge in [0.15, 0.2) is 0 Å². The Hall–Kier alpha value is -1.89. The van der Waals surface area contributed by atoms with E-state index in [4.69, 9.17) is 0 Å². The molecule has 1 saturated heterocycles. The van der Waals surface area contributed by atoms with E-state index >= 15 is 0 Å². The van der Waals surface area contributed by atoms with Crippen molar-refractivity contribution in [2.75, 3.05) is 26.2 Å². The Kier molecular flexibility index (Phi) is 6.39. The van der Waals surface area contributed by atoms with Gasteiger partial charge in [-0.05, 0) is 24.3 Å². The topological polar surface area (TPSA) is 78.5 Å². The summed E-state index contributed by atoms with van der Waals surface area (Å²) in [5.74, 6) is -0.331. The number of hydrogen-bond donors (Lipinski definition) is 2. The molecule has 6 nitrogen and oxygen atoms in total. The van der Waals surface area contributed by atoms with Crippen LogP contribution in [0.15, 0.2) is 16.8 Å². The third-order valence-electron chi connectivity index (χ3n) is 3.57. The second-order valence-electron chi connectivity index (χ2n) is 5.24. The highest BCUT2D eigenvalue weighted by molar-refractivity contribution is 7.08. The highest BCUT2D eigenvalue weighted by Crippen LogP contribution is 2.10. The minimum atomic E-state index is -0.251. The fraction of sp³-hybridized carbons (Fsp3) is 0.533. The summed E-state index contributed by atoms with van der Waals surface area (Å²) in [5.41, 5.74) is 0.563. The van der Waals surface area contributed by atoms with Crippen LogP contribution in [0.1, 0.15) is 36.0 Å². The van der Waals surface area contributed by atoms with Crippen LogP contribution in [0.4, 0.5) is 0 Å². The summed E-state index contributed by atoms with van der Waals surface area (Å²) < 4.78 is 0. The number of amides is 3. The van der Waals surface area contributed by atoms with Gasteiger partial charge in [-0.25, -0.2) is 0 Å². The predicted molar refractivity (Wildman–Crippen MR) is 84.7 cm³/mol. The first kappa shape index (κ1) is 16.5. The van der Waals surface area contributed by atoms with Crippen molar-refractivity contribution >= 4 is 29.1 Å². The molecule has 1 aromatic rings. The molecule has 1 aromatic heterocycles. The van der Waals surface area contributed by atoms with E-state index in [0.29, 0.717) is 25.1 Å². The number of likely N-dealkylation sites (tertiary alicyclic amines) is 1. The van der Waals surface area contributed by atoms with Crippen molar-refractivity contribution in [1.82, 2.24) is 15.5 Å². The molecule has 22 heavy (non-hydrogen) atoms. The van der Waals surface area contributed by atoms with Crippen LogP contribution < -0.4 is 10.6 Å². The molecular formula is C15H21N3O3S. The first-order valence-electron chi connectivity index (χ1n) is 7.51. The van der Waals surface area contributed by atoms with Gasteiger partial charge in [-0.15, -0.1) is 0 Å². The molecule has 120 valence electrons. The molecule has 0 bridgehead atoms. The molecule has 1 fully saturated rings. The fourth-order valence-corrected chi connectivity index (χ4v) is 2.96. The smallest absolute Gasteiger partial charge is 0.252 e. The zero-order chi connectivity index (χ0) is 15.8. The Labute approximate surface area is 133 Å². The van der Waals surface area contributed by atoms with Crippen LogP contribution in [0.25, 0.3) is 0 Å². The van der Waals surface area contributed by atoms with Gasteiger partial charge in [0, 0.05) is 37.0 Å². The zero-order valence-electron chi connectivity index (χ0n) is 12.5. The lowest BCUT2D eigenvalue weighted by Gasteiger charge is -2.20. The summed E-state index contributed by atoms with van der Waals surface area (Å²) >= 11 is 1.43. The van der Waals surface area contributed by atoms with E-state index in [-0.39, 0.29) is 24.3 Å². The highest BCUT2D eigenvalue weighted by atomic mass is 32.1. The summed E-state index contributed by atoms with van der Waals surface area (Å²) in [6.07, 6.45) is 3.67. The number of thiophene rings is 1. The van der Waals surface area contributed by atoms with E-state index in [1.54, 1.807) is 16.3 Å². The molecule has 0 spiro atoms. The Morgan fingerprint density at radius 3 is 2.86 bits per heavy atom. The number of carbonyl (C=O) groups is 3. The Morgan fingerprint density at radius 2 is 2.09 bits per heavy atom. The quantitative estimate of drug-likeness (QED) is 0.820. The van der Waals surface area contributed by atoms with Gasteiger partial charge in [-0.3, -0.25) is 14.4 Å². The van der Waals surface area contributed by atoms with Gasteiger partial charge >= 0.3 is 0 Å². The molecule has 0 aromatic carbocycles. The average Bonchev–Trinajstić information content (AvgIpc) is 2.97. The molecule has 0 aliphatic carbocycles. The minimum Gasteiger partial charge on any atom is -0.353 e. The summed E-state index contributed by atoms with van der Waals surface area (Å²) in [6, 6.07) is 1.71. The van der Waals surface area contributed by atoms with E-state index in [9.17, 15) is 14.4 Å². The summed E-state index contributed by atoms with van der Waals surface area (Å²) in [5, 5.41) is 8.84. The molecule has 2 N–H and O–H groups in total. The third-order valence-corrected chi connectivity index (χ3v) is 4.25. The lowest BCUT2D eigenvalue weighted by molar-refractivity contribution is -0.131. The molecule has 7 heteroatoms. The first-order chi connectivity index (χ1) is 10.7. The summed E-state index contributed by atoms with van der Waals surface area (Å²) in [6.45, 7) is 1.66. The number of nitrogens with one attached hydrogen (secondary N) is 2. The second kappa shape index (κ2) is 8.53. The zero-order valence-corrected chi connectivity index (χ0v) is 13.3. The van der Waals surface area contributed by atoms with Gasteiger partial charge in [-0.1, -0.05) is 6.42 Å². The molecule has 1 aliphatic heterocycles. The highest BCUT2D eigenvalue weighted by Gasteiger charge is 2.16. The van der Waals surface area contributed by atoms with Gasteiger partial charge in [-0.2, -0.15) is 11.3 Å². The standard InChI is InChI=1S/C15H21N3O3S/c19-13(10-17-15(21)12-5-9-22-11-12)16-6-8-18-7-3-1-2-4-14(18)20/h5,9,11H,1-4,6-8,10H2,(H,16,19)(H,17,21). The van der Waals surface area contributed by atoms with Crippen molar-refractivity contribution in [1.29, 1.82) is 0 Å². The minimum absolute atomic E-state index is 0.0529. The van der Waals surface area contributed by atoms with Crippen LogP contribution in [0.2, 0.25) is 0 Å². The van der Waals surface area contributed by atoms with Gasteiger partial charge in [0.25, 0.3) is 5.91 Å². The normalized spacial score (nSPS) is 15.3. The Morgan fingerprint density at radius 1 is 1.23 bits per heavy atom. The van der Waals surface area contributed by atoms with Crippen LogP contribution in [0, 0.1) is 0 Å². The number of nitrogens with zero attached hydrogens (tertiary/aromatic N) is 1. The van der Waals surface area contributed by atoms with Crippen LogP contribution in [-0.2, 0) is 9.59 Å². The monoisotopic (exact) mass is 323 g/mol. The molecule has 1 aliphatic rings. The van der Waals surface area contributed by atoms with E-state index in [0.717, 1.165) is 25.8 Å². The number of hydrogen-bond acceptors (Lipinski definition) is 4. The number of rotatable bonds is 6. The SMILES string of the molecule is O=C(CNC(=O)c1ccsc1)NCCN1CCCCCC1=O. The van der Waals surface area contributed by atoms with E-state index < -0.39 is 0 Å². The summed E-state index contributed by atoms with van der Waals surface area (Å²) in [4.78, 5) is 37.0. The molecule has 2 rings (SSSR count). The molecule has 0 radical (unpaired) electrons. The van der Waals surface area contributed by atoms with Crippen LogP contribution >= 0.6 is 11.3 Å². The maximum absolute atomic E-state index is 11.8. The molecule has 3 amide bonds. The van der Waals surface area contributed by atoms with E-state index in [1.807, 2.05) is 5.38 Å². The van der Waals surface area contributed by atoms with Crippen molar-refractivity contribution in [2.24, 2.45) is 0 Å². The van der Waals surface area contributed by atoms with Crippen molar-refractivity contribution < 1.29 is 14.4 Å². The maximum atomic E-state index is 11.8. The molecule has 2 heterocycles. The van der Waals surface area contributed by atoms with Crippen molar-refractivity contribution in [3.63, 3.8) is 0 Å². The maximum Gasteiger partial charge on any atom is 0.252 e. The molecule has 0 saturated carbocycles. The Bertz CT molecular complexity index is 516. The van der Waals surface area contributed by atoms with Gasteiger partial charge in [0.1, 0.15) is 0 Å². The largest absolute Gasteiger partial charge is 0.353 e. The first-order valence-corrected chi connectivity index (χ1v) is 8.46. The third kappa shape index (κ3) is 5.14. The molecule has 0 unspecified atom stereocenters. The second-order valence-corrected chi connectivity index (χ2v) is 6.02. The van der Waals surface area contributed by atoms with Crippen LogP contribution in [0.3, 0.4) is 0 Å². The summed E-state index contributed by atoms with van der Waals surface area (Å²) in [7, 11) is 0. The lowest BCUT2D eigenvalue weighted by atomic mass is 10.2. The fourth-order valence-electron chi connectivity index (χ4n) is 2.32. The van der Waals surface area contributed by atoms with Crippen LogP contribution in [0.5, 0.6) is 0 Å². The average molecular weight is 323 g/mol. The Balaban J connectivity index is 1.63. The van der Waals surface area contributed by atoms with Crippen LogP contribution in [-0.4, -0.2) is 48.8 Å². The number of carbonyl (C=O) groups excluding carboxylic acids is 3. The molecule has 0 atom stereocenters. The van der Waals surface area contributed by atoms with Gasteiger partial charge < -0.3 is 15.5 Å². The van der Waals surface area contributed by atoms with Crippen molar-refractivity contribution in [3.8, 4) is 0 Å².